The largest absolute Gasteiger partial charge is 0.494 e. The highest BCUT2D eigenvalue weighted by atomic mass is 16.5. The molecule has 158 valence electrons. The Morgan fingerprint density at radius 2 is 1.90 bits per heavy atom. The van der Waals surface area contributed by atoms with Crippen molar-refractivity contribution in [2.24, 2.45) is 0 Å². The summed E-state index contributed by atoms with van der Waals surface area (Å²) in [7, 11) is 1.68. The first-order chi connectivity index (χ1) is 14.6. The van der Waals surface area contributed by atoms with Crippen LogP contribution in [0.2, 0.25) is 0 Å². The number of aliphatic hydroxyl groups excluding tert-OH is 1. The Labute approximate surface area is 177 Å². The molecule has 0 amide bonds. The molecule has 0 saturated carbocycles. The van der Waals surface area contributed by atoms with Crippen molar-refractivity contribution in [2.45, 2.75) is 20.5 Å². The number of fused-ring (bicyclic) bond motifs is 1. The van der Waals surface area contributed by atoms with Gasteiger partial charge in [-0.25, -0.2) is 4.98 Å². The summed E-state index contributed by atoms with van der Waals surface area (Å²) in [5, 5.41) is 10.8. The summed E-state index contributed by atoms with van der Waals surface area (Å²) in [6.45, 7) is 7.72. The first kappa shape index (κ1) is 20.4. The molecule has 1 aliphatic heterocycles. The van der Waals surface area contributed by atoms with Crippen molar-refractivity contribution in [1.29, 1.82) is 0 Å². The number of nitrogens with zero attached hydrogens (tertiary/aromatic N) is 2. The number of aryl methyl sites for hydroxylation is 1. The maximum Gasteiger partial charge on any atom is 0.147 e. The summed E-state index contributed by atoms with van der Waals surface area (Å²) in [6.07, 6.45) is 0. The number of benzene rings is 2. The molecular formula is C24H28N2O4. The van der Waals surface area contributed by atoms with Crippen molar-refractivity contribution in [3.05, 3.63) is 47.5 Å². The average Bonchev–Trinajstić information content (AvgIpc) is 2.79. The third-order valence-electron chi connectivity index (χ3n) is 5.49. The van der Waals surface area contributed by atoms with Crippen LogP contribution >= 0.6 is 0 Å². The number of morpholine rings is 1. The van der Waals surface area contributed by atoms with Crippen LogP contribution in [0.15, 0.2) is 36.4 Å². The first-order valence-electron chi connectivity index (χ1n) is 10.3. The molecule has 1 fully saturated rings. The van der Waals surface area contributed by atoms with Crippen molar-refractivity contribution in [1.82, 2.24) is 4.98 Å². The highest BCUT2D eigenvalue weighted by Crippen LogP contribution is 2.35. The second-order valence-electron chi connectivity index (χ2n) is 7.38. The lowest BCUT2D eigenvalue weighted by Crippen LogP contribution is -2.36. The van der Waals surface area contributed by atoms with Gasteiger partial charge in [0.15, 0.2) is 0 Å². The Morgan fingerprint density at radius 3 is 2.60 bits per heavy atom. The van der Waals surface area contributed by atoms with Crippen LogP contribution in [0.25, 0.3) is 22.2 Å². The smallest absolute Gasteiger partial charge is 0.147 e. The van der Waals surface area contributed by atoms with Gasteiger partial charge in [0.2, 0.25) is 0 Å². The van der Waals surface area contributed by atoms with Gasteiger partial charge in [-0.15, -0.1) is 0 Å². The van der Waals surface area contributed by atoms with Crippen LogP contribution in [0.4, 0.5) is 5.69 Å². The van der Waals surface area contributed by atoms with E-state index in [-0.39, 0.29) is 6.61 Å². The van der Waals surface area contributed by atoms with Crippen LogP contribution in [0.3, 0.4) is 0 Å². The number of hydrogen-bond acceptors (Lipinski definition) is 6. The number of ether oxygens (including phenoxy) is 3. The molecule has 1 aliphatic rings. The number of aliphatic hydroxyl groups is 1. The Kier molecular flexibility index (Phi) is 6.06. The monoisotopic (exact) mass is 408 g/mol. The van der Waals surface area contributed by atoms with Crippen LogP contribution in [0.5, 0.6) is 11.5 Å². The Hall–Kier alpha value is -2.83. The lowest BCUT2D eigenvalue weighted by Gasteiger charge is -2.29. The number of aromatic nitrogens is 1. The molecule has 1 saturated heterocycles. The number of hydrogen-bond donors (Lipinski definition) is 1. The Morgan fingerprint density at radius 1 is 1.10 bits per heavy atom. The third-order valence-corrected chi connectivity index (χ3v) is 5.49. The van der Waals surface area contributed by atoms with Gasteiger partial charge < -0.3 is 24.2 Å². The molecule has 1 aromatic heterocycles. The van der Waals surface area contributed by atoms with Gasteiger partial charge in [0.05, 0.1) is 39.2 Å². The number of pyridine rings is 1. The van der Waals surface area contributed by atoms with Gasteiger partial charge in [-0.2, -0.15) is 0 Å². The van der Waals surface area contributed by atoms with Crippen LogP contribution in [-0.2, 0) is 11.3 Å². The molecule has 0 aliphatic carbocycles. The lowest BCUT2D eigenvalue weighted by atomic mass is 10.0. The molecule has 0 unspecified atom stereocenters. The molecule has 0 spiro atoms. The van der Waals surface area contributed by atoms with Gasteiger partial charge in [0, 0.05) is 41.4 Å². The molecule has 2 aromatic carbocycles. The van der Waals surface area contributed by atoms with E-state index in [1.165, 1.54) is 0 Å². The molecule has 0 atom stereocenters. The summed E-state index contributed by atoms with van der Waals surface area (Å²) < 4.78 is 16.8. The SMILES string of the molecule is CCOc1ccc(-c2cc(C)c3cc(N4CCOCC4)cc(OC)c3n2)cc1CO. The van der Waals surface area contributed by atoms with Gasteiger partial charge in [-0.1, -0.05) is 0 Å². The van der Waals surface area contributed by atoms with E-state index in [9.17, 15) is 5.11 Å². The molecule has 4 rings (SSSR count). The lowest BCUT2D eigenvalue weighted by molar-refractivity contribution is 0.122. The van der Waals surface area contributed by atoms with Crippen LogP contribution < -0.4 is 14.4 Å². The van der Waals surface area contributed by atoms with Crippen molar-refractivity contribution in [3.8, 4) is 22.8 Å². The van der Waals surface area contributed by atoms with Gasteiger partial charge in [-0.05, 0) is 49.7 Å². The molecule has 3 aromatic rings. The highest BCUT2D eigenvalue weighted by molar-refractivity contribution is 5.92. The molecule has 6 nitrogen and oxygen atoms in total. The van der Waals surface area contributed by atoms with E-state index in [1.54, 1.807) is 7.11 Å². The second-order valence-corrected chi connectivity index (χ2v) is 7.38. The fourth-order valence-corrected chi connectivity index (χ4v) is 3.91. The maximum absolute atomic E-state index is 9.75. The number of rotatable bonds is 6. The quantitative estimate of drug-likeness (QED) is 0.666. The summed E-state index contributed by atoms with van der Waals surface area (Å²) in [6, 6.07) is 12.1. The van der Waals surface area contributed by atoms with E-state index < -0.39 is 0 Å². The molecule has 0 radical (unpaired) electrons. The fourth-order valence-electron chi connectivity index (χ4n) is 3.91. The Bertz CT molecular complexity index is 1050. The highest BCUT2D eigenvalue weighted by Gasteiger charge is 2.17. The van der Waals surface area contributed by atoms with Gasteiger partial charge in [0.25, 0.3) is 0 Å². The third kappa shape index (κ3) is 3.93. The minimum atomic E-state index is -0.0814. The summed E-state index contributed by atoms with van der Waals surface area (Å²) in [4.78, 5) is 7.24. The zero-order chi connectivity index (χ0) is 21.1. The predicted octanol–water partition coefficient (Wildman–Crippen LogP) is 3.95. The van der Waals surface area contributed by atoms with Crippen molar-refractivity contribution >= 4 is 16.6 Å². The summed E-state index contributed by atoms with van der Waals surface area (Å²) in [5.74, 6) is 1.46. The summed E-state index contributed by atoms with van der Waals surface area (Å²) >= 11 is 0. The standard InChI is InChI=1S/C24H28N2O4/c1-4-30-22-6-5-17(12-18(22)15-27)21-11-16(2)20-13-19(26-7-9-29-10-8-26)14-23(28-3)24(20)25-21/h5-6,11-14,27H,4,7-10,15H2,1-3H3. The topological polar surface area (TPSA) is 64.1 Å². The average molecular weight is 408 g/mol. The number of anilines is 1. The molecular weight excluding hydrogens is 380 g/mol. The van der Waals surface area contributed by atoms with Crippen molar-refractivity contribution in [2.75, 3.05) is 44.9 Å². The molecule has 6 heteroatoms. The fraction of sp³-hybridized carbons (Fsp3) is 0.375. The zero-order valence-corrected chi connectivity index (χ0v) is 17.8. The van der Waals surface area contributed by atoms with E-state index in [2.05, 4.69) is 30.0 Å². The maximum atomic E-state index is 9.75. The van der Waals surface area contributed by atoms with Crippen LogP contribution in [0, 0.1) is 6.92 Å². The van der Waals surface area contributed by atoms with E-state index in [0.717, 1.165) is 71.0 Å². The van der Waals surface area contributed by atoms with Gasteiger partial charge >= 0.3 is 0 Å². The minimum Gasteiger partial charge on any atom is -0.494 e. The second kappa shape index (κ2) is 8.90. The molecule has 0 bridgehead atoms. The molecule has 1 N–H and O–H groups in total. The Balaban J connectivity index is 1.80. The normalized spacial score (nSPS) is 14.2. The van der Waals surface area contributed by atoms with Gasteiger partial charge in [0.1, 0.15) is 17.0 Å². The summed E-state index contributed by atoms with van der Waals surface area (Å²) in [5.41, 5.74) is 5.63. The predicted molar refractivity (Wildman–Crippen MR) is 119 cm³/mol. The van der Waals surface area contributed by atoms with Crippen LogP contribution in [0.1, 0.15) is 18.1 Å². The van der Waals surface area contributed by atoms with Crippen molar-refractivity contribution in [3.63, 3.8) is 0 Å². The molecule has 30 heavy (non-hydrogen) atoms. The van der Waals surface area contributed by atoms with E-state index >= 15 is 0 Å². The van der Waals surface area contributed by atoms with Crippen molar-refractivity contribution < 1.29 is 19.3 Å². The van der Waals surface area contributed by atoms with E-state index in [0.29, 0.717) is 12.4 Å². The van der Waals surface area contributed by atoms with E-state index in [1.807, 2.05) is 25.1 Å². The number of methoxy groups -OCH3 is 1. The minimum absolute atomic E-state index is 0.0814. The molecule has 2 heterocycles. The van der Waals surface area contributed by atoms with E-state index in [4.69, 9.17) is 19.2 Å². The van der Waals surface area contributed by atoms with Crippen LogP contribution in [-0.4, -0.2) is 50.1 Å². The zero-order valence-electron chi connectivity index (χ0n) is 17.8. The first-order valence-corrected chi connectivity index (χ1v) is 10.3. The van der Waals surface area contributed by atoms with Gasteiger partial charge in [-0.3, -0.25) is 0 Å².